The number of rotatable bonds is 6. The topological polar surface area (TPSA) is 41.1 Å². The van der Waals surface area contributed by atoms with Crippen LogP contribution in [0.15, 0.2) is 0 Å². The van der Waals surface area contributed by atoms with Gasteiger partial charge in [-0.2, -0.15) is 0 Å². The van der Waals surface area contributed by atoms with Crippen molar-refractivity contribution in [1.82, 2.24) is 10.6 Å². The molecule has 2 rings (SSSR count). The normalized spacial score (nSPS) is 31.9. The summed E-state index contributed by atoms with van der Waals surface area (Å²) in [4.78, 5) is 11.0. The van der Waals surface area contributed by atoms with E-state index in [9.17, 15) is 4.79 Å². The van der Waals surface area contributed by atoms with Crippen molar-refractivity contribution in [2.75, 3.05) is 20.1 Å². The van der Waals surface area contributed by atoms with Crippen LogP contribution < -0.4 is 10.6 Å². The number of hydrogen-bond acceptors (Lipinski definition) is 2. The standard InChI is InChI=1S/C13H24N2O/c1-14-13(16)3-2-6-15-9-12-8-10-4-5-11(12)7-10/h10-12,15H,2-9H2,1H3,(H,14,16). The van der Waals surface area contributed by atoms with Crippen LogP contribution >= 0.6 is 0 Å². The van der Waals surface area contributed by atoms with Crippen LogP contribution in [0.5, 0.6) is 0 Å². The highest BCUT2D eigenvalue weighted by atomic mass is 16.1. The van der Waals surface area contributed by atoms with E-state index in [-0.39, 0.29) is 5.91 Å². The lowest BCUT2D eigenvalue weighted by Gasteiger charge is -2.21. The van der Waals surface area contributed by atoms with Gasteiger partial charge in [0.25, 0.3) is 0 Å². The van der Waals surface area contributed by atoms with E-state index in [2.05, 4.69) is 10.6 Å². The Kier molecular flexibility index (Phi) is 4.22. The Morgan fingerprint density at radius 2 is 2.19 bits per heavy atom. The van der Waals surface area contributed by atoms with Crippen LogP contribution in [-0.2, 0) is 4.79 Å². The Labute approximate surface area is 98.4 Å². The van der Waals surface area contributed by atoms with Crippen molar-refractivity contribution in [2.45, 2.75) is 38.5 Å². The van der Waals surface area contributed by atoms with Crippen LogP contribution in [0.2, 0.25) is 0 Å². The first-order valence-corrected chi connectivity index (χ1v) is 6.71. The van der Waals surface area contributed by atoms with E-state index in [0.29, 0.717) is 6.42 Å². The summed E-state index contributed by atoms with van der Waals surface area (Å²) in [7, 11) is 1.70. The van der Waals surface area contributed by atoms with Gasteiger partial charge in [-0.05, 0) is 56.5 Å². The van der Waals surface area contributed by atoms with Gasteiger partial charge in [0.15, 0.2) is 0 Å². The molecule has 0 aromatic rings. The number of fused-ring (bicyclic) bond motifs is 2. The molecule has 0 heterocycles. The zero-order valence-electron chi connectivity index (χ0n) is 10.3. The molecule has 16 heavy (non-hydrogen) atoms. The molecule has 92 valence electrons. The minimum atomic E-state index is 0.154. The van der Waals surface area contributed by atoms with Gasteiger partial charge in [-0.15, -0.1) is 0 Å². The minimum Gasteiger partial charge on any atom is -0.359 e. The first-order chi connectivity index (χ1) is 7.79. The van der Waals surface area contributed by atoms with E-state index in [1.807, 2.05) is 0 Å². The lowest BCUT2D eigenvalue weighted by molar-refractivity contribution is -0.120. The predicted octanol–water partition coefficient (Wildman–Crippen LogP) is 1.54. The van der Waals surface area contributed by atoms with Crippen molar-refractivity contribution >= 4 is 5.91 Å². The third kappa shape index (κ3) is 2.97. The summed E-state index contributed by atoms with van der Waals surface area (Å²) in [5.74, 6) is 3.14. The molecule has 1 amide bonds. The Morgan fingerprint density at radius 1 is 1.31 bits per heavy atom. The van der Waals surface area contributed by atoms with Gasteiger partial charge in [-0.3, -0.25) is 4.79 Å². The molecule has 0 saturated heterocycles. The molecule has 3 unspecified atom stereocenters. The fourth-order valence-corrected chi connectivity index (χ4v) is 3.41. The van der Waals surface area contributed by atoms with Crippen LogP contribution in [0.25, 0.3) is 0 Å². The van der Waals surface area contributed by atoms with Gasteiger partial charge in [0.1, 0.15) is 0 Å². The second-order valence-corrected chi connectivity index (χ2v) is 5.42. The van der Waals surface area contributed by atoms with E-state index in [4.69, 9.17) is 0 Å². The van der Waals surface area contributed by atoms with Crippen LogP contribution in [0.3, 0.4) is 0 Å². The zero-order chi connectivity index (χ0) is 11.4. The van der Waals surface area contributed by atoms with Gasteiger partial charge >= 0.3 is 0 Å². The molecular weight excluding hydrogens is 200 g/mol. The maximum atomic E-state index is 11.0. The number of amides is 1. The second kappa shape index (κ2) is 5.67. The number of hydrogen-bond donors (Lipinski definition) is 2. The molecule has 2 bridgehead atoms. The molecule has 2 saturated carbocycles. The van der Waals surface area contributed by atoms with Crippen molar-refractivity contribution in [1.29, 1.82) is 0 Å². The lowest BCUT2D eigenvalue weighted by Crippen LogP contribution is -2.28. The maximum absolute atomic E-state index is 11.0. The summed E-state index contributed by atoms with van der Waals surface area (Å²) in [5.41, 5.74) is 0. The van der Waals surface area contributed by atoms with Crippen molar-refractivity contribution in [3.05, 3.63) is 0 Å². The first kappa shape index (κ1) is 11.9. The van der Waals surface area contributed by atoms with Gasteiger partial charge in [0, 0.05) is 13.5 Å². The highest BCUT2D eigenvalue weighted by Crippen LogP contribution is 2.47. The fourth-order valence-electron chi connectivity index (χ4n) is 3.41. The van der Waals surface area contributed by atoms with E-state index < -0.39 is 0 Å². The average molecular weight is 224 g/mol. The highest BCUT2D eigenvalue weighted by molar-refractivity contribution is 5.75. The third-order valence-electron chi connectivity index (χ3n) is 4.33. The van der Waals surface area contributed by atoms with Crippen LogP contribution in [0, 0.1) is 17.8 Å². The quantitative estimate of drug-likeness (QED) is 0.672. The van der Waals surface area contributed by atoms with E-state index in [0.717, 1.165) is 30.7 Å². The SMILES string of the molecule is CNC(=O)CCCNCC1CC2CCC1C2. The first-order valence-electron chi connectivity index (χ1n) is 6.71. The Hall–Kier alpha value is -0.570. The van der Waals surface area contributed by atoms with Gasteiger partial charge in [-0.1, -0.05) is 6.42 Å². The minimum absolute atomic E-state index is 0.154. The number of carbonyl (C=O) groups excluding carboxylic acids is 1. The summed E-state index contributed by atoms with van der Waals surface area (Å²) in [5, 5.41) is 6.16. The van der Waals surface area contributed by atoms with Crippen LogP contribution in [0.1, 0.15) is 38.5 Å². The molecule has 0 aliphatic heterocycles. The smallest absolute Gasteiger partial charge is 0.219 e. The van der Waals surface area contributed by atoms with Gasteiger partial charge in [0.05, 0.1) is 0 Å². The van der Waals surface area contributed by atoms with Gasteiger partial charge in [-0.25, -0.2) is 0 Å². The Bertz CT molecular complexity index is 242. The van der Waals surface area contributed by atoms with Crippen LogP contribution in [0.4, 0.5) is 0 Å². The molecule has 2 fully saturated rings. The molecule has 0 aromatic carbocycles. The lowest BCUT2D eigenvalue weighted by atomic mass is 9.89. The van der Waals surface area contributed by atoms with Gasteiger partial charge < -0.3 is 10.6 Å². The van der Waals surface area contributed by atoms with Crippen molar-refractivity contribution in [3.63, 3.8) is 0 Å². The largest absolute Gasteiger partial charge is 0.359 e. The van der Waals surface area contributed by atoms with Crippen molar-refractivity contribution in [3.8, 4) is 0 Å². The zero-order valence-corrected chi connectivity index (χ0v) is 10.3. The third-order valence-corrected chi connectivity index (χ3v) is 4.33. The summed E-state index contributed by atoms with van der Waals surface area (Å²) in [6.07, 6.45) is 7.51. The van der Waals surface area contributed by atoms with Crippen molar-refractivity contribution in [2.24, 2.45) is 17.8 Å². The molecule has 0 aromatic heterocycles. The number of carbonyl (C=O) groups is 1. The van der Waals surface area contributed by atoms with E-state index in [1.54, 1.807) is 7.05 Å². The summed E-state index contributed by atoms with van der Waals surface area (Å²) < 4.78 is 0. The average Bonchev–Trinajstić information content (AvgIpc) is 2.90. The second-order valence-electron chi connectivity index (χ2n) is 5.42. The summed E-state index contributed by atoms with van der Waals surface area (Å²) in [6.45, 7) is 2.16. The molecule has 3 atom stereocenters. The Morgan fingerprint density at radius 3 is 2.81 bits per heavy atom. The predicted molar refractivity (Wildman–Crippen MR) is 65.1 cm³/mol. The molecule has 0 radical (unpaired) electrons. The number of nitrogens with one attached hydrogen (secondary N) is 2. The van der Waals surface area contributed by atoms with E-state index in [1.165, 1.54) is 32.2 Å². The molecule has 2 aliphatic rings. The molecule has 3 heteroatoms. The summed E-state index contributed by atoms with van der Waals surface area (Å²) in [6, 6.07) is 0. The monoisotopic (exact) mass is 224 g/mol. The summed E-state index contributed by atoms with van der Waals surface area (Å²) >= 11 is 0. The molecule has 2 aliphatic carbocycles. The molecule has 0 spiro atoms. The van der Waals surface area contributed by atoms with E-state index >= 15 is 0 Å². The highest BCUT2D eigenvalue weighted by Gasteiger charge is 2.38. The fraction of sp³-hybridized carbons (Fsp3) is 0.923. The molecule has 2 N–H and O–H groups in total. The van der Waals surface area contributed by atoms with Crippen LogP contribution in [-0.4, -0.2) is 26.0 Å². The molecular formula is C13H24N2O. The van der Waals surface area contributed by atoms with Crippen molar-refractivity contribution < 1.29 is 4.79 Å². The van der Waals surface area contributed by atoms with Gasteiger partial charge in [0.2, 0.25) is 5.91 Å². The molecule has 3 nitrogen and oxygen atoms in total. The maximum Gasteiger partial charge on any atom is 0.219 e. The Balaban J connectivity index is 1.51.